The van der Waals surface area contributed by atoms with Gasteiger partial charge in [0.05, 0.1) is 6.61 Å². The third-order valence-electron chi connectivity index (χ3n) is 2.24. The quantitative estimate of drug-likeness (QED) is 0.378. The molecule has 0 spiro atoms. The van der Waals surface area contributed by atoms with Crippen LogP contribution in [0.3, 0.4) is 0 Å². The molecule has 0 bridgehead atoms. The zero-order chi connectivity index (χ0) is 13.4. The Labute approximate surface area is 123 Å². The van der Waals surface area contributed by atoms with Crippen molar-refractivity contribution >= 4 is 11.8 Å². The van der Waals surface area contributed by atoms with Gasteiger partial charge in [0.25, 0.3) is 5.97 Å². The van der Waals surface area contributed by atoms with Crippen molar-refractivity contribution in [3.05, 3.63) is 59.7 Å². The van der Waals surface area contributed by atoms with Gasteiger partial charge in [0, 0.05) is 17.1 Å². The van der Waals surface area contributed by atoms with Gasteiger partial charge in [0.1, 0.15) is 0 Å². The summed E-state index contributed by atoms with van der Waals surface area (Å²) >= 11 is 0. The summed E-state index contributed by atoms with van der Waals surface area (Å²) in [6.07, 6.45) is 0. The first-order chi connectivity index (χ1) is 8.65. The van der Waals surface area contributed by atoms with Crippen LogP contribution in [0.5, 0.6) is 0 Å². The van der Waals surface area contributed by atoms with Crippen molar-refractivity contribution in [2.45, 2.75) is 13.8 Å². The van der Waals surface area contributed by atoms with Gasteiger partial charge in [0.2, 0.25) is 0 Å². The predicted octanol–water partition coefficient (Wildman–Crippen LogP) is 3.19. The summed E-state index contributed by atoms with van der Waals surface area (Å²) in [6.45, 7) is 3.79. The van der Waals surface area contributed by atoms with Crippen molar-refractivity contribution in [3.8, 4) is 0 Å². The van der Waals surface area contributed by atoms with Gasteiger partial charge in [-0.25, -0.2) is 12.1 Å². The van der Waals surface area contributed by atoms with Gasteiger partial charge in [0.15, 0.2) is 0 Å². The second-order valence-corrected chi connectivity index (χ2v) is 3.62. The van der Waals surface area contributed by atoms with Crippen molar-refractivity contribution in [1.82, 2.24) is 0 Å². The van der Waals surface area contributed by atoms with E-state index in [0.717, 1.165) is 5.56 Å². The van der Waals surface area contributed by atoms with E-state index < -0.39 is 0 Å². The minimum Gasteiger partial charge on any atom is -0.718 e. The molecule has 0 heterocycles. The molecule has 3 nitrogen and oxygen atoms in total. The Balaban J connectivity index is 0.000000331. The van der Waals surface area contributed by atoms with Gasteiger partial charge in [-0.2, -0.15) is 12.1 Å². The molecule has 2 rings (SSSR count). The molecule has 19 heavy (non-hydrogen) atoms. The Hall–Kier alpha value is -1.64. The summed E-state index contributed by atoms with van der Waals surface area (Å²) in [4.78, 5) is 21.4. The van der Waals surface area contributed by atoms with Crippen LogP contribution in [0.25, 0.3) is 0 Å². The topological polar surface area (TPSA) is 43.4 Å². The van der Waals surface area contributed by atoms with E-state index in [1.165, 1.54) is 0 Å². The molecule has 0 aliphatic heterocycles. The molecule has 0 N–H and O–H groups in total. The number of Topliss-reactive ketones (excluding diaryl/α,β-unsaturated/α-hetero) is 1. The van der Waals surface area contributed by atoms with E-state index in [4.69, 9.17) is 4.74 Å². The van der Waals surface area contributed by atoms with Gasteiger partial charge in [-0.1, -0.05) is 5.56 Å². The summed E-state index contributed by atoms with van der Waals surface area (Å²) in [7, 11) is 0. The smallest absolute Gasteiger partial charge is 0.281 e. The summed E-state index contributed by atoms with van der Waals surface area (Å²) in [5, 5.41) is 0. The van der Waals surface area contributed by atoms with Crippen LogP contribution in [-0.2, 0) is 21.8 Å². The normalized spacial score (nSPS) is 8.74. The van der Waals surface area contributed by atoms with Crippen LogP contribution in [-0.4, -0.2) is 18.4 Å². The van der Waals surface area contributed by atoms with Crippen molar-refractivity contribution in [1.29, 1.82) is 0 Å². The van der Waals surface area contributed by atoms with Gasteiger partial charge in [-0.05, 0) is 6.92 Å². The number of hydrogen-bond donors (Lipinski definition) is 0. The largest absolute Gasteiger partial charge is 0.718 e. The molecular weight excluding hydrogens is 284 g/mol. The van der Waals surface area contributed by atoms with E-state index in [-0.39, 0.29) is 28.8 Å². The van der Waals surface area contributed by atoms with E-state index in [9.17, 15) is 9.59 Å². The van der Waals surface area contributed by atoms with E-state index in [1.807, 2.05) is 36.4 Å². The molecule has 0 aliphatic carbocycles. The molecular formula is C15H16FeO3-6. The Morgan fingerprint density at radius 3 is 2.05 bits per heavy atom. The number of ketones is 1. The molecule has 108 valence electrons. The first-order valence-corrected chi connectivity index (χ1v) is 5.76. The molecule has 2 aromatic rings. The van der Waals surface area contributed by atoms with E-state index in [2.05, 4.69) is 0 Å². The van der Waals surface area contributed by atoms with Crippen molar-refractivity contribution < 1.29 is 31.4 Å². The average molecular weight is 300 g/mol. The maximum absolute atomic E-state index is 10.9. The maximum Gasteiger partial charge on any atom is 0.281 e. The maximum atomic E-state index is 10.9. The molecule has 0 saturated heterocycles. The number of ether oxygens (including phenoxy) is 1. The monoisotopic (exact) mass is 300 g/mol. The third kappa shape index (κ3) is 6.18. The van der Waals surface area contributed by atoms with Crippen LogP contribution >= 0.6 is 0 Å². The van der Waals surface area contributed by atoms with Crippen LogP contribution in [0.2, 0.25) is 0 Å². The van der Waals surface area contributed by atoms with Crippen LogP contribution in [0, 0.1) is 0 Å². The van der Waals surface area contributed by atoms with Crippen molar-refractivity contribution in [2.24, 2.45) is 0 Å². The number of rotatable bonds is 3. The molecule has 0 radical (unpaired) electrons. The molecule has 0 amide bonds. The molecule has 0 saturated carbocycles. The number of hydrogen-bond acceptors (Lipinski definition) is 3. The second-order valence-electron chi connectivity index (χ2n) is 3.62. The van der Waals surface area contributed by atoms with Crippen LogP contribution < -0.4 is 0 Å². The van der Waals surface area contributed by atoms with Crippen LogP contribution in [0.15, 0.2) is 48.5 Å². The van der Waals surface area contributed by atoms with Gasteiger partial charge < -0.3 is 39.4 Å². The molecule has 0 fully saturated rings. The Morgan fingerprint density at radius 1 is 1.16 bits per heavy atom. The fourth-order valence-corrected chi connectivity index (χ4v) is 1.33. The zero-order valence-electron chi connectivity index (χ0n) is 10.9. The molecule has 2 aromatic carbocycles. The predicted molar refractivity (Wildman–Crippen MR) is 70.0 cm³/mol. The minimum absolute atomic E-state index is 0. The SMILES string of the molecule is CC(=O)[c-]1[cH-][cH-][cH-][cH-]1.CCOC(=O)[c-]1cccc1.[Fe]. The second kappa shape index (κ2) is 9.31. The zero-order valence-corrected chi connectivity index (χ0v) is 12.0. The minimum atomic E-state index is -0.243. The first kappa shape index (κ1) is 17.4. The molecule has 0 aromatic heterocycles. The van der Waals surface area contributed by atoms with Gasteiger partial charge in [-0.3, -0.25) is 10.6 Å². The standard InChI is InChI=1S/C8H9O2.C7H7O.Fe/c1-2-10-8(9)7-5-3-4-6-7;1-6(8)7-4-2-3-5-7;/h3-6H,2H2,1H3;2-5H,1H3;/q-1;-5;. The van der Waals surface area contributed by atoms with Crippen LogP contribution in [0.1, 0.15) is 34.6 Å². The fourth-order valence-electron chi connectivity index (χ4n) is 1.33. The molecule has 0 unspecified atom stereocenters. The Morgan fingerprint density at radius 2 is 1.68 bits per heavy atom. The average Bonchev–Trinajstić information content (AvgIpc) is 3.04. The molecule has 4 heteroatoms. The summed E-state index contributed by atoms with van der Waals surface area (Å²) in [6, 6.07) is 14.4. The first-order valence-electron chi connectivity index (χ1n) is 5.76. The number of carbonyl (C=O) groups is 2. The summed E-state index contributed by atoms with van der Waals surface area (Å²) in [5.74, 6) is -0.109. The Kier molecular flexibility index (Phi) is 8.51. The molecule has 0 aliphatic rings. The van der Waals surface area contributed by atoms with Gasteiger partial charge in [-0.15, -0.1) is 6.92 Å². The van der Waals surface area contributed by atoms with Crippen molar-refractivity contribution in [2.75, 3.05) is 6.61 Å². The van der Waals surface area contributed by atoms with E-state index >= 15 is 0 Å². The number of carbonyl (C=O) groups excluding carboxylic acids is 2. The molecule has 0 atom stereocenters. The van der Waals surface area contributed by atoms with E-state index in [0.29, 0.717) is 12.2 Å². The van der Waals surface area contributed by atoms with E-state index in [1.54, 1.807) is 26.0 Å². The van der Waals surface area contributed by atoms with Crippen molar-refractivity contribution in [3.63, 3.8) is 0 Å². The fraction of sp³-hybridized carbons (Fsp3) is 0.200. The Bertz CT molecular complexity index is 469. The summed E-state index contributed by atoms with van der Waals surface area (Å²) in [5.41, 5.74) is 1.42. The number of esters is 1. The summed E-state index contributed by atoms with van der Waals surface area (Å²) < 4.78 is 4.75. The van der Waals surface area contributed by atoms with Crippen LogP contribution in [0.4, 0.5) is 0 Å². The van der Waals surface area contributed by atoms with Gasteiger partial charge >= 0.3 is 0 Å². The third-order valence-corrected chi connectivity index (χ3v) is 2.24.